The molecule has 1 aliphatic heterocycles. The molecule has 1 aromatic heterocycles. The second-order valence-corrected chi connectivity index (χ2v) is 6.71. The fourth-order valence-corrected chi connectivity index (χ4v) is 3.40. The summed E-state index contributed by atoms with van der Waals surface area (Å²) in [7, 11) is 1.78. The van der Waals surface area contributed by atoms with Gasteiger partial charge in [0.2, 0.25) is 0 Å². The Morgan fingerprint density at radius 3 is 3.05 bits per heavy atom. The molecule has 1 unspecified atom stereocenters. The summed E-state index contributed by atoms with van der Waals surface area (Å²) < 4.78 is 12.1. The first-order valence-electron chi connectivity index (χ1n) is 7.14. The molecule has 0 spiro atoms. The minimum atomic E-state index is 0. The van der Waals surface area contributed by atoms with Crippen LogP contribution >= 0.6 is 51.2 Å². The minimum Gasteiger partial charge on any atom is -0.379 e. The monoisotopic (exact) mass is 503 g/mol. The molecule has 0 amide bonds. The molecule has 0 aromatic carbocycles. The van der Waals surface area contributed by atoms with Crippen molar-refractivity contribution in [1.29, 1.82) is 0 Å². The molecule has 2 N–H and O–H groups in total. The van der Waals surface area contributed by atoms with Crippen LogP contribution in [-0.4, -0.2) is 45.5 Å². The second-order valence-electron chi connectivity index (χ2n) is 4.79. The van der Waals surface area contributed by atoms with Crippen LogP contribution < -0.4 is 10.6 Å². The summed E-state index contributed by atoms with van der Waals surface area (Å²) in [5.74, 6) is 0.823. The van der Waals surface area contributed by atoms with Gasteiger partial charge in [-0.05, 0) is 34.8 Å². The first-order chi connectivity index (χ1) is 10.3. The van der Waals surface area contributed by atoms with Gasteiger partial charge >= 0.3 is 0 Å². The third-order valence-corrected chi connectivity index (χ3v) is 4.83. The van der Waals surface area contributed by atoms with Crippen LogP contribution in [0.5, 0.6) is 0 Å². The van der Waals surface area contributed by atoms with Crippen LogP contribution in [0.4, 0.5) is 0 Å². The Morgan fingerprint density at radius 2 is 2.41 bits per heavy atom. The van der Waals surface area contributed by atoms with Crippen LogP contribution in [-0.2, 0) is 16.0 Å². The SMILES string of the molecule is CN=C(NCCCOC1CCOC1)NCc1cc(Br)cs1.I. The quantitative estimate of drug-likeness (QED) is 0.260. The summed E-state index contributed by atoms with van der Waals surface area (Å²) in [6, 6.07) is 2.11. The third kappa shape index (κ3) is 7.58. The van der Waals surface area contributed by atoms with Crippen molar-refractivity contribution in [2.24, 2.45) is 4.99 Å². The zero-order valence-electron chi connectivity index (χ0n) is 12.6. The average Bonchev–Trinajstić information content (AvgIpc) is 3.13. The van der Waals surface area contributed by atoms with Gasteiger partial charge in [-0.15, -0.1) is 35.3 Å². The molecule has 126 valence electrons. The normalized spacial score (nSPS) is 18.1. The molecular weight excluding hydrogens is 481 g/mol. The lowest BCUT2D eigenvalue weighted by Crippen LogP contribution is -2.37. The Morgan fingerprint density at radius 1 is 1.55 bits per heavy atom. The van der Waals surface area contributed by atoms with Gasteiger partial charge in [0.15, 0.2) is 5.96 Å². The number of ether oxygens (including phenoxy) is 2. The van der Waals surface area contributed by atoms with Crippen LogP contribution in [0.25, 0.3) is 0 Å². The van der Waals surface area contributed by atoms with E-state index in [1.807, 2.05) is 0 Å². The topological polar surface area (TPSA) is 54.9 Å². The van der Waals surface area contributed by atoms with E-state index in [0.29, 0.717) is 6.10 Å². The largest absolute Gasteiger partial charge is 0.379 e. The van der Waals surface area contributed by atoms with Gasteiger partial charge in [0, 0.05) is 41.5 Å². The number of guanidine groups is 1. The highest BCUT2D eigenvalue weighted by Gasteiger charge is 2.15. The second kappa shape index (κ2) is 11.6. The maximum Gasteiger partial charge on any atom is 0.191 e. The molecule has 1 saturated heterocycles. The predicted octanol–water partition coefficient (Wildman–Crippen LogP) is 2.99. The number of aliphatic imine (C=N–C) groups is 1. The van der Waals surface area contributed by atoms with Crippen molar-refractivity contribution in [3.05, 3.63) is 20.8 Å². The van der Waals surface area contributed by atoms with E-state index in [9.17, 15) is 0 Å². The summed E-state index contributed by atoms with van der Waals surface area (Å²) in [5.41, 5.74) is 0. The van der Waals surface area contributed by atoms with E-state index < -0.39 is 0 Å². The standard InChI is InChI=1S/C14H22BrN3O2S.HI/c1-16-14(18-8-13-7-11(15)10-21-13)17-4-2-5-20-12-3-6-19-9-12;/h7,10,12H,2-6,8-9H2,1H3,(H2,16,17,18);1H. The van der Waals surface area contributed by atoms with Crippen molar-refractivity contribution in [2.75, 3.05) is 33.4 Å². The number of hydrogen-bond acceptors (Lipinski definition) is 4. The maximum absolute atomic E-state index is 5.72. The maximum atomic E-state index is 5.72. The van der Waals surface area contributed by atoms with Gasteiger partial charge in [0.1, 0.15) is 0 Å². The van der Waals surface area contributed by atoms with Gasteiger partial charge < -0.3 is 20.1 Å². The third-order valence-electron chi connectivity index (χ3n) is 3.13. The molecule has 1 atom stereocenters. The van der Waals surface area contributed by atoms with Crippen LogP contribution in [0.1, 0.15) is 17.7 Å². The number of rotatable bonds is 7. The van der Waals surface area contributed by atoms with Crippen LogP contribution in [0.3, 0.4) is 0 Å². The molecule has 0 saturated carbocycles. The Balaban J connectivity index is 0.00000242. The summed E-state index contributed by atoms with van der Waals surface area (Å²) in [6.45, 7) is 3.97. The van der Waals surface area contributed by atoms with Crippen molar-refractivity contribution in [3.63, 3.8) is 0 Å². The minimum absolute atomic E-state index is 0. The molecule has 2 rings (SSSR count). The van der Waals surface area contributed by atoms with E-state index in [4.69, 9.17) is 9.47 Å². The Kier molecular flexibility index (Phi) is 10.6. The highest BCUT2D eigenvalue weighted by Crippen LogP contribution is 2.19. The van der Waals surface area contributed by atoms with Crippen molar-refractivity contribution >= 4 is 57.2 Å². The lowest BCUT2D eigenvalue weighted by Gasteiger charge is -2.12. The van der Waals surface area contributed by atoms with E-state index in [1.165, 1.54) is 4.88 Å². The molecule has 1 aromatic rings. The number of nitrogens with one attached hydrogen (secondary N) is 2. The molecule has 0 radical (unpaired) electrons. The molecule has 1 aliphatic rings. The van der Waals surface area contributed by atoms with E-state index in [2.05, 4.69) is 43.0 Å². The van der Waals surface area contributed by atoms with Crippen molar-refractivity contribution in [2.45, 2.75) is 25.5 Å². The van der Waals surface area contributed by atoms with Crippen molar-refractivity contribution in [3.8, 4) is 0 Å². The van der Waals surface area contributed by atoms with Gasteiger partial charge in [-0.1, -0.05) is 0 Å². The van der Waals surface area contributed by atoms with Gasteiger partial charge in [-0.25, -0.2) is 0 Å². The summed E-state index contributed by atoms with van der Waals surface area (Å²) in [4.78, 5) is 5.48. The van der Waals surface area contributed by atoms with Crippen molar-refractivity contribution in [1.82, 2.24) is 10.6 Å². The molecular formula is C14H23BrIN3O2S. The average molecular weight is 504 g/mol. The van der Waals surface area contributed by atoms with Crippen LogP contribution in [0, 0.1) is 0 Å². The number of thiophene rings is 1. The van der Waals surface area contributed by atoms with Gasteiger partial charge in [-0.2, -0.15) is 0 Å². The van der Waals surface area contributed by atoms with Gasteiger partial charge in [0.25, 0.3) is 0 Å². The van der Waals surface area contributed by atoms with E-state index in [0.717, 1.165) is 56.2 Å². The molecule has 8 heteroatoms. The smallest absolute Gasteiger partial charge is 0.191 e. The molecule has 0 aliphatic carbocycles. The van der Waals surface area contributed by atoms with E-state index in [1.54, 1.807) is 18.4 Å². The van der Waals surface area contributed by atoms with E-state index in [-0.39, 0.29) is 24.0 Å². The van der Waals surface area contributed by atoms with Crippen LogP contribution in [0.15, 0.2) is 20.9 Å². The summed E-state index contributed by atoms with van der Waals surface area (Å²) >= 11 is 5.18. The number of nitrogens with zero attached hydrogens (tertiary/aromatic N) is 1. The summed E-state index contributed by atoms with van der Waals surface area (Å²) in [6.07, 6.45) is 2.27. The Hall–Kier alpha value is 0.1000. The molecule has 22 heavy (non-hydrogen) atoms. The Labute approximate surface area is 161 Å². The molecule has 5 nitrogen and oxygen atoms in total. The zero-order chi connectivity index (χ0) is 14.9. The summed E-state index contributed by atoms with van der Waals surface area (Å²) in [5, 5.41) is 8.67. The fourth-order valence-electron chi connectivity index (χ4n) is 2.01. The lowest BCUT2D eigenvalue weighted by atomic mass is 10.3. The van der Waals surface area contributed by atoms with Gasteiger partial charge in [-0.3, -0.25) is 4.99 Å². The molecule has 0 bridgehead atoms. The first-order valence-corrected chi connectivity index (χ1v) is 8.82. The fraction of sp³-hybridized carbons (Fsp3) is 0.643. The van der Waals surface area contributed by atoms with Gasteiger partial charge in [0.05, 0.1) is 19.3 Å². The van der Waals surface area contributed by atoms with Crippen LogP contribution in [0.2, 0.25) is 0 Å². The first kappa shape index (κ1) is 20.1. The van der Waals surface area contributed by atoms with Crippen molar-refractivity contribution < 1.29 is 9.47 Å². The highest BCUT2D eigenvalue weighted by atomic mass is 127. The number of halogens is 2. The zero-order valence-corrected chi connectivity index (χ0v) is 17.4. The number of hydrogen-bond donors (Lipinski definition) is 2. The lowest BCUT2D eigenvalue weighted by molar-refractivity contribution is 0.0420. The molecule has 1 fully saturated rings. The predicted molar refractivity (Wildman–Crippen MR) is 105 cm³/mol. The molecule has 2 heterocycles. The van der Waals surface area contributed by atoms with E-state index >= 15 is 0 Å². The Bertz CT molecular complexity index is 453. The highest BCUT2D eigenvalue weighted by molar-refractivity contribution is 14.0.